The van der Waals surface area contributed by atoms with Crippen LogP contribution in [0.5, 0.6) is 0 Å². The Labute approximate surface area is 153 Å². The molecular weight excluding hydrogens is 382 g/mol. The molecule has 0 bridgehead atoms. The van der Waals surface area contributed by atoms with E-state index in [2.05, 4.69) is 0 Å². The lowest BCUT2D eigenvalue weighted by molar-refractivity contribution is 0.413. The van der Waals surface area contributed by atoms with Crippen LogP contribution in [0.2, 0.25) is 0 Å². The van der Waals surface area contributed by atoms with Crippen LogP contribution in [-0.2, 0) is 10.0 Å². The quantitative estimate of drug-likeness (QED) is 0.383. The van der Waals surface area contributed by atoms with Crippen LogP contribution in [0.1, 0.15) is 5.56 Å². The predicted molar refractivity (Wildman–Crippen MR) is 93.7 cm³/mol. The van der Waals surface area contributed by atoms with E-state index in [4.69, 9.17) is 0 Å². The summed E-state index contributed by atoms with van der Waals surface area (Å²) in [6, 6.07) is 12.8. The number of sulfonamides is 1. The van der Waals surface area contributed by atoms with Crippen LogP contribution in [0, 0.1) is 30.2 Å². The van der Waals surface area contributed by atoms with Gasteiger partial charge in [-0.3, -0.25) is 4.72 Å². The fraction of sp³-hybridized carbons (Fsp3) is 0.0526. The van der Waals surface area contributed by atoms with Crippen molar-refractivity contribution in [2.45, 2.75) is 11.8 Å². The molecule has 0 aliphatic carbocycles. The Hall–Kier alpha value is -2.87. The lowest BCUT2D eigenvalue weighted by atomic mass is 10.0. The maximum atomic E-state index is 14.5. The Balaban J connectivity index is 2.26. The van der Waals surface area contributed by atoms with E-state index >= 15 is 0 Å². The van der Waals surface area contributed by atoms with Crippen molar-refractivity contribution < 1.29 is 26.0 Å². The molecule has 0 radical (unpaired) electrons. The Morgan fingerprint density at radius 3 is 2.04 bits per heavy atom. The summed E-state index contributed by atoms with van der Waals surface area (Å²) in [6.45, 7) is 1.66. The van der Waals surface area contributed by atoms with Gasteiger partial charge in [0.25, 0.3) is 10.0 Å². The summed E-state index contributed by atoms with van der Waals surface area (Å²) in [4.78, 5) is -0.246. The highest BCUT2D eigenvalue weighted by Crippen LogP contribution is 2.37. The van der Waals surface area contributed by atoms with Crippen molar-refractivity contribution in [3.05, 3.63) is 83.4 Å². The van der Waals surface area contributed by atoms with Crippen molar-refractivity contribution in [1.82, 2.24) is 0 Å². The van der Waals surface area contributed by atoms with Gasteiger partial charge < -0.3 is 0 Å². The van der Waals surface area contributed by atoms with Crippen LogP contribution < -0.4 is 4.72 Å². The molecule has 0 unspecified atom stereocenters. The predicted octanol–water partition coefficient (Wildman–Crippen LogP) is 5.02. The van der Waals surface area contributed by atoms with Gasteiger partial charge in [0.05, 0.1) is 10.6 Å². The molecule has 8 heteroatoms. The normalized spacial score (nSPS) is 11.4. The second-order valence-corrected chi connectivity index (χ2v) is 7.48. The minimum atomic E-state index is -4.37. The molecule has 0 saturated heterocycles. The molecule has 0 aliphatic rings. The molecule has 0 aliphatic heterocycles. The number of nitrogens with one attached hydrogen (secondary N) is 1. The largest absolute Gasteiger partial charge is 0.276 e. The molecule has 3 nitrogen and oxygen atoms in total. The molecule has 0 spiro atoms. The van der Waals surface area contributed by atoms with E-state index in [0.717, 1.165) is 0 Å². The maximum Gasteiger partial charge on any atom is 0.262 e. The highest BCUT2D eigenvalue weighted by atomic mass is 32.2. The highest BCUT2D eigenvalue weighted by Gasteiger charge is 2.29. The molecule has 3 rings (SSSR count). The smallest absolute Gasteiger partial charge is 0.262 e. The minimum absolute atomic E-state index is 0.00365. The first kappa shape index (κ1) is 18.9. The summed E-state index contributed by atoms with van der Waals surface area (Å²) in [7, 11) is -4.37. The average molecular weight is 395 g/mol. The van der Waals surface area contributed by atoms with E-state index < -0.39 is 44.5 Å². The summed E-state index contributed by atoms with van der Waals surface area (Å²) in [5.74, 6) is -7.64. The number of halogens is 4. The second kappa shape index (κ2) is 7.03. The van der Waals surface area contributed by atoms with Gasteiger partial charge in [-0.1, -0.05) is 48.0 Å². The van der Waals surface area contributed by atoms with E-state index in [9.17, 15) is 26.0 Å². The highest BCUT2D eigenvalue weighted by molar-refractivity contribution is 7.92. The first-order valence-corrected chi connectivity index (χ1v) is 9.21. The first-order chi connectivity index (χ1) is 12.7. The number of benzene rings is 3. The van der Waals surface area contributed by atoms with Crippen molar-refractivity contribution in [3.63, 3.8) is 0 Å². The fourth-order valence-corrected chi connectivity index (χ4v) is 3.69. The summed E-state index contributed by atoms with van der Waals surface area (Å²) in [5.41, 5.74) is -1.08. The first-order valence-electron chi connectivity index (χ1n) is 7.73. The standard InChI is InChI=1S/C19H13F4NO2S/c1-11-6-5-7-12(10-11)14-15(20)16(21)17(22)18(23)19(14)24-27(25,26)13-8-3-2-4-9-13/h2-10,24H,1H3. The van der Waals surface area contributed by atoms with Crippen molar-refractivity contribution >= 4 is 15.7 Å². The van der Waals surface area contributed by atoms with Crippen molar-refractivity contribution in [3.8, 4) is 11.1 Å². The van der Waals surface area contributed by atoms with E-state index in [1.807, 2.05) is 4.72 Å². The average Bonchev–Trinajstić information content (AvgIpc) is 2.65. The van der Waals surface area contributed by atoms with Gasteiger partial charge in [0, 0.05) is 5.56 Å². The zero-order valence-corrected chi connectivity index (χ0v) is 14.7. The number of anilines is 1. The van der Waals surface area contributed by atoms with E-state index in [-0.39, 0.29) is 10.5 Å². The Morgan fingerprint density at radius 1 is 0.778 bits per heavy atom. The SMILES string of the molecule is Cc1cccc(-c2c(F)c(F)c(F)c(F)c2NS(=O)(=O)c2ccccc2)c1. The molecule has 0 amide bonds. The molecule has 1 N–H and O–H groups in total. The van der Waals surface area contributed by atoms with Gasteiger partial charge in [-0.15, -0.1) is 0 Å². The lowest BCUT2D eigenvalue weighted by Crippen LogP contribution is -2.17. The van der Waals surface area contributed by atoms with Crippen LogP contribution >= 0.6 is 0 Å². The third-order valence-electron chi connectivity index (χ3n) is 3.86. The van der Waals surface area contributed by atoms with Gasteiger partial charge >= 0.3 is 0 Å². The zero-order valence-electron chi connectivity index (χ0n) is 13.9. The molecule has 27 heavy (non-hydrogen) atoms. The molecule has 0 saturated carbocycles. The van der Waals surface area contributed by atoms with Crippen LogP contribution in [0.4, 0.5) is 23.2 Å². The third kappa shape index (κ3) is 3.52. The van der Waals surface area contributed by atoms with Gasteiger partial charge in [0.1, 0.15) is 0 Å². The minimum Gasteiger partial charge on any atom is -0.276 e. The summed E-state index contributed by atoms with van der Waals surface area (Å²) < 4.78 is 83.3. The van der Waals surface area contributed by atoms with E-state index in [1.54, 1.807) is 19.1 Å². The second-order valence-electron chi connectivity index (χ2n) is 5.79. The number of aryl methyl sites for hydroxylation is 1. The number of rotatable bonds is 4. The summed E-state index contributed by atoms with van der Waals surface area (Å²) in [5, 5.41) is 0. The molecule has 3 aromatic rings. The Bertz CT molecular complexity index is 1120. The summed E-state index contributed by atoms with van der Waals surface area (Å²) in [6.07, 6.45) is 0. The lowest BCUT2D eigenvalue weighted by Gasteiger charge is -2.16. The van der Waals surface area contributed by atoms with Crippen LogP contribution in [0.15, 0.2) is 59.5 Å². The molecule has 0 fully saturated rings. The topological polar surface area (TPSA) is 46.2 Å². The van der Waals surface area contributed by atoms with Gasteiger partial charge in [0.2, 0.25) is 0 Å². The van der Waals surface area contributed by atoms with Gasteiger partial charge in [0.15, 0.2) is 23.3 Å². The van der Waals surface area contributed by atoms with Crippen LogP contribution in [0.3, 0.4) is 0 Å². The molecule has 0 heterocycles. The molecule has 0 aromatic heterocycles. The maximum absolute atomic E-state index is 14.5. The van der Waals surface area contributed by atoms with Crippen molar-refractivity contribution in [2.24, 2.45) is 0 Å². The van der Waals surface area contributed by atoms with E-state index in [1.165, 1.54) is 42.5 Å². The number of hydrogen-bond donors (Lipinski definition) is 1. The van der Waals surface area contributed by atoms with Crippen LogP contribution in [-0.4, -0.2) is 8.42 Å². The molecule has 3 aromatic carbocycles. The van der Waals surface area contributed by atoms with Gasteiger partial charge in [-0.25, -0.2) is 26.0 Å². The van der Waals surface area contributed by atoms with Gasteiger partial charge in [-0.05, 0) is 24.6 Å². The summed E-state index contributed by atoms with van der Waals surface area (Å²) >= 11 is 0. The Morgan fingerprint density at radius 2 is 1.41 bits per heavy atom. The van der Waals surface area contributed by atoms with E-state index in [0.29, 0.717) is 5.56 Å². The molecule has 0 atom stereocenters. The Kier molecular flexibility index (Phi) is 4.93. The van der Waals surface area contributed by atoms with Crippen molar-refractivity contribution in [2.75, 3.05) is 4.72 Å². The zero-order chi connectivity index (χ0) is 19.8. The van der Waals surface area contributed by atoms with Crippen molar-refractivity contribution in [1.29, 1.82) is 0 Å². The molecule has 140 valence electrons. The van der Waals surface area contributed by atoms with Gasteiger partial charge in [-0.2, -0.15) is 0 Å². The monoisotopic (exact) mass is 395 g/mol. The van der Waals surface area contributed by atoms with Crippen LogP contribution in [0.25, 0.3) is 11.1 Å². The fourth-order valence-electron chi connectivity index (χ4n) is 2.59. The third-order valence-corrected chi connectivity index (χ3v) is 5.23. The number of hydrogen-bond acceptors (Lipinski definition) is 2. The molecular formula is C19H13F4NO2S.